The third-order valence-corrected chi connectivity index (χ3v) is 16.4. The summed E-state index contributed by atoms with van der Waals surface area (Å²) in [7, 11) is 1.83. The number of fused-ring (bicyclic) bond motifs is 3. The van der Waals surface area contributed by atoms with Crippen LogP contribution in [0.15, 0.2) is 158 Å². The molecule has 2 saturated carbocycles. The molecule has 5 unspecified atom stereocenters. The number of methoxy groups -OCH3 is 1. The van der Waals surface area contributed by atoms with Gasteiger partial charge in [0.15, 0.2) is 11.5 Å². The lowest BCUT2D eigenvalue weighted by atomic mass is 9.62. The van der Waals surface area contributed by atoms with Gasteiger partial charge in [0.1, 0.15) is 35.0 Å². The molecule has 5 atom stereocenters. The maximum absolute atomic E-state index is 13.4. The van der Waals surface area contributed by atoms with Crippen LogP contribution in [0, 0.1) is 23.7 Å². The predicted octanol–water partition coefficient (Wildman–Crippen LogP) is 11.6. The number of nitrogens with zero attached hydrogens (tertiary/aromatic N) is 2. The van der Waals surface area contributed by atoms with Gasteiger partial charge in [0, 0.05) is 84.3 Å². The number of amides is 4. The van der Waals surface area contributed by atoms with Gasteiger partial charge in [-0.05, 0) is 151 Å². The summed E-state index contributed by atoms with van der Waals surface area (Å²) in [5.74, 6) is 1.81. The van der Waals surface area contributed by atoms with E-state index in [0.29, 0.717) is 108 Å². The van der Waals surface area contributed by atoms with E-state index in [4.69, 9.17) is 14.2 Å². The topological polar surface area (TPSA) is 262 Å². The lowest BCUT2D eigenvalue weighted by Crippen LogP contribution is -2.41. The van der Waals surface area contributed by atoms with E-state index in [-0.39, 0.29) is 47.5 Å². The number of carbonyl (C=O) groups is 4. The normalized spacial score (nSPS) is 16.6. The van der Waals surface area contributed by atoms with Crippen molar-refractivity contribution in [2.24, 2.45) is 23.7 Å². The average Bonchev–Trinajstić information content (AvgIpc) is 2.68. The Balaban J connectivity index is 0.000000193. The molecule has 9 aromatic rings. The van der Waals surface area contributed by atoms with Crippen molar-refractivity contribution >= 4 is 56.8 Å². The van der Waals surface area contributed by atoms with Crippen LogP contribution in [0.2, 0.25) is 0 Å². The largest absolute Gasteiger partial charge is 0.508 e. The lowest BCUT2D eigenvalue weighted by molar-refractivity contribution is -0.0146. The summed E-state index contributed by atoms with van der Waals surface area (Å²) in [6.45, 7) is 3.77. The second kappa shape index (κ2) is 28.3. The van der Waals surface area contributed by atoms with Crippen LogP contribution in [0.5, 0.6) is 28.7 Å². The van der Waals surface area contributed by atoms with Crippen molar-refractivity contribution in [1.82, 2.24) is 30.6 Å². The molecule has 18 nitrogen and oxygen atoms in total. The average molecular weight is 1160 g/mol. The fourth-order valence-corrected chi connectivity index (χ4v) is 11.8. The fraction of sp³-hybridized carbons (Fsp3) is 0.294. The lowest BCUT2D eigenvalue weighted by Gasteiger charge is -2.45. The molecule has 3 aromatic heterocycles. The van der Waals surface area contributed by atoms with Crippen LogP contribution in [0.4, 0.5) is 11.4 Å². The Morgan fingerprint density at radius 2 is 1.24 bits per heavy atom. The van der Waals surface area contributed by atoms with Gasteiger partial charge >= 0.3 is 0 Å². The Kier molecular flexibility index (Phi) is 19.5. The Bertz CT molecular complexity index is 3740. The van der Waals surface area contributed by atoms with Crippen LogP contribution in [0.1, 0.15) is 104 Å². The van der Waals surface area contributed by atoms with E-state index in [2.05, 4.69) is 48.1 Å². The van der Waals surface area contributed by atoms with Gasteiger partial charge < -0.3 is 60.8 Å². The molecule has 6 aromatic carbocycles. The zero-order chi connectivity index (χ0) is 59.9. The summed E-state index contributed by atoms with van der Waals surface area (Å²) in [4.78, 5) is 66.9. The Hall–Kier alpha value is -9.68. The molecule has 0 spiro atoms. The first-order chi connectivity index (χ1) is 41.8. The monoisotopic (exact) mass is 1160 g/mol. The highest BCUT2D eigenvalue weighted by molar-refractivity contribution is 6.08. The third-order valence-electron chi connectivity index (χ3n) is 16.4. The highest BCUT2D eigenvalue weighted by Crippen LogP contribution is 2.47. The van der Waals surface area contributed by atoms with E-state index in [9.17, 15) is 34.5 Å². The van der Waals surface area contributed by atoms with Crippen LogP contribution in [-0.4, -0.2) is 98.4 Å². The van der Waals surface area contributed by atoms with Crippen molar-refractivity contribution in [1.29, 1.82) is 0 Å². The number of para-hydroxylation sites is 2. The predicted molar refractivity (Wildman–Crippen MR) is 330 cm³/mol. The van der Waals surface area contributed by atoms with Gasteiger partial charge in [-0.25, -0.2) is 9.97 Å². The molecule has 0 bridgehead atoms. The first kappa shape index (κ1) is 59.5. The Morgan fingerprint density at radius 1 is 0.616 bits per heavy atom. The van der Waals surface area contributed by atoms with Gasteiger partial charge in [-0.3, -0.25) is 19.2 Å². The maximum Gasteiger partial charge on any atom is 0.272 e. The molecule has 9 N–H and O–H groups in total. The van der Waals surface area contributed by atoms with Crippen LogP contribution in [0.3, 0.4) is 0 Å². The minimum absolute atomic E-state index is 0.159. The molecular formula is C68H72N8O10. The van der Waals surface area contributed by atoms with Crippen molar-refractivity contribution in [3.63, 3.8) is 0 Å². The smallest absolute Gasteiger partial charge is 0.272 e. The third kappa shape index (κ3) is 15.4. The number of phenolic OH excluding ortho intramolecular Hbond substituents is 3. The van der Waals surface area contributed by atoms with Gasteiger partial charge in [-0.1, -0.05) is 74.4 Å². The highest BCUT2D eigenvalue weighted by atomic mass is 16.5. The van der Waals surface area contributed by atoms with Crippen molar-refractivity contribution in [2.45, 2.75) is 70.8 Å². The SMILES string of the molecule is COC1CCC2C(CCCC2C(C)CNC(=O)c2ccc(NC(=O)c3cc4ccccc4[nH]3)c(OCCc3cccc(O)c3)c2)C1.O=C(NCCc1ccncn1)c1ccc(NC(=O)c2cc3ccccc3[nH]2)c(OCCc2ccc(O)c(O)c2)c1. The molecule has 18 heteroatoms. The molecular weight excluding hydrogens is 1090 g/mol. The van der Waals surface area contributed by atoms with Gasteiger partial charge in [0.05, 0.1) is 30.7 Å². The summed E-state index contributed by atoms with van der Waals surface area (Å²) in [5.41, 5.74) is 6.74. The number of hydrogen-bond donors (Lipinski definition) is 9. The van der Waals surface area contributed by atoms with E-state index in [1.54, 1.807) is 79.0 Å². The molecule has 11 rings (SSSR count). The highest BCUT2D eigenvalue weighted by Gasteiger charge is 2.40. The summed E-state index contributed by atoms with van der Waals surface area (Å²) in [6.07, 6.45) is 12.3. The number of rotatable bonds is 21. The number of phenols is 3. The maximum atomic E-state index is 13.4. The number of nitrogens with one attached hydrogen (secondary N) is 6. The quantitative estimate of drug-likeness (QED) is 0.0304. The molecule has 2 aliphatic rings. The van der Waals surface area contributed by atoms with Gasteiger partial charge in [0.2, 0.25) is 0 Å². The van der Waals surface area contributed by atoms with E-state index in [1.807, 2.05) is 67.8 Å². The van der Waals surface area contributed by atoms with E-state index < -0.39 is 0 Å². The van der Waals surface area contributed by atoms with Crippen molar-refractivity contribution in [3.8, 4) is 28.7 Å². The van der Waals surface area contributed by atoms with Crippen LogP contribution >= 0.6 is 0 Å². The second-order valence-corrected chi connectivity index (χ2v) is 22.1. The number of aromatic hydroxyl groups is 3. The zero-order valence-electron chi connectivity index (χ0n) is 48.2. The minimum atomic E-state index is -0.355. The molecule has 444 valence electrons. The van der Waals surface area contributed by atoms with Crippen molar-refractivity contribution in [2.75, 3.05) is 44.0 Å². The van der Waals surface area contributed by atoms with E-state index in [1.165, 1.54) is 44.1 Å². The molecule has 0 aliphatic heterocycles. The second-order valence-electron chi connectivity index (χ2n) is 22.1. The van der Waals surface area contributed by atoms with E-state index in [0.717, 1.165) is 57.4 Å². The Labute approximate surface area is 498 Å². The number of H-pyrrole nitrogens is 2. The number of hydrogen-bond acceptors (Lipinski definition) is 12. The number of anilines is 2. The van der Waals surface area contributed by atoms with Gasteiger partial charge in [-0.15, -0.1) is 0 Å². The number of carbonyl (C=O) groups excluding carboxylic acids is 4. The van der Waals surface area contributed by atoms with Gasteiger partial charge in [-0.2, -0.15) is 0 Å². The molecule has 2 fully saturated rings. The summed E-state index contributed by atoms with van der Waals surface area (Å²) < 4.78 is 17.9. The molecule has 86 heavy (non-hydrogen) atoms. The fourth-order valence-electron chi connectivity index (χ4n) is 11.8. The molecule has 3 heterocycles. The van der Waals surface area contributed by atoms with E-state index >= 15 is 0 Å². The number of aromatic amines is 2. The Morgan fingerprint density at radius 3 is 1.84 bits per heavy atom. The molecule has 4 amide bonds. The first-order valence-corrected chi connectivity index (χ1v) is 29.3. The summed E-state index contributed by atoms with van der Waals surface area (Å²) in [5, 5.41) is 42.9. The van der Waals surface area contributed by atoms with Crippen LogP contribution in [-0.2, 0) is 24.0 Å². The summed E-state index contributed by atoms with van der Waals surface area (Å²) in [6, 6.07) is 42.2. The van der Waals surface area contributed by atoms with Crippen molar-refractivity contribution < 1.29 is 48.7 Å². The first-order valence-electron chi connectivity index (χ1n) is 29.3. The van der Waals surface area contributed by atoms with Crippen molar-refractivity contribution in [3.05, 3.63) is 197 Å². The number of benzene rings is 6. The molecule has 2 aliphatic carbocycles. The minimum Gasteiger partial charge on any atom is -0.508 e. The number of aromatic nitrogens is 4. The number of ether oxygens (including phenoxy) is 3. The van der Waals surface area contributed by atoms with Crippen LogP contribution in [0.25, 0.3) is 21.8 Å². The zero-order valence-corrected chi connectivity index (χ0v) is 48.2. The van der Waals surface area contributed by atoms with Gasteiger partial charge in [0.25, 0.3) is 23.6 Å². The molecule has 0 radical (unpaired) electrons. The standard InChI is InChI=1S/C38H45N3O5.C30H27N5O5/c1-24(31-11-6-9-26-20-30(45-2)14-15-32(26)31)23-39-37(43)28-13-16-34(36(22-28)46-18-17-25-7-5-10-29(42)19-25)41-38(44)35-21-27-8-3-4-12-33(27)40-35;36-26-8-5-19(15-27(26)37)11-14-40-28-17-21(29(38)32-13-10-22-9-12-31-18-33-22)6-7-24(28)35-30(39)25-16-20-3-1-2-4-23(20)34-25/h3-5,7-8,10,12-13,16,19,21-22,24,26,30-32,40,42H,6,9,11,14-15,17-18,20,23H2,1-2H3,(H,39,43)(H,41,44);1-9,12,15-18,34,36-37H,10-11,13-14H2,(H,32,38)(H,35,39). The summed E-state index contributed by atoms with van der Waals surface area (Å²) >= 11 is 0. The molecule has 0 saturated heterocycles. The van der Waals surface area contributed by atoms with Crippen LogP contribution < -0.4 is 30.7 Å².